The number of benzene rings is 1. The van der Waals surface area contributed by atoms with Crippen molar-refractivity contribution in [3.05, 3.63) is 29.3 Å². The van der Waals surface area contributed by atoms with Gasteiger partial charge in [0.05, 0.1) is 10.9 Å². The number of sulfonamides is 1. The maximum atomic E-state index is 12.4. The largest absolute Gasteiger partial charge is 0.352 e. The van der Waals surface area contributed by atoms with Crippen molar-refractivity contribution >= 4 is 27.5 Å². The summed E-state index contributed by atoms with van der Waals surface area (Å²) in [6, 6.07) is 5.11. The van der Waals surface area contributed by atoms with Crippen molar-refractivity contribution in [2.24, 2.45) is 17.8 Å². The Hall–Kier alpha value is -1.11. The lowest BCUT2D eigenvalue weighted by Gasteiger charge is -2.29. The molecule has 25 heavy (non-hydrogen) atoms. The van der Waals surface area contributed by atoms with Gasteiger partial charge in [-0.05, 0) is 75.1 Å². The highest BCUT2D eigenvalue weighted by molar-refractivity contribution is 7.89. The Bertz CT molecular complexity index is 735. The lowest BCUT2D eigenvalue weighted by atomic mass is 9.84. The second kappa shape index (κ2) is 7.25. The van der Waals surface area contributed by atoms with E-state index in [9.17, 15) is 13.2 Å². The number of hydrogen-bond donors (Lipinski definition) is 2. The van der Waals surface area contributed by atoms with Crippen LogP contribution >= 0.6 is 11.6 Å². The standard InChI is InChI=1S/C18H25ClN2O3S/c1-11(17-10-13-3-4-14(17)9-13)20-18(22)12(2)21-25(23,24)16-7-5-15(19)6-8-16/h5-8,11-14,17,21H,3-4,9-10H2,1-2H3,(H,20,22). The molecular weight excluding hydrogens is 360 g/mol. The SMILES string of the molecule is CC(NS(=O)(=O)c1ccc(Cl)cc1)C(=O)NC(C)C1CC2CCC1C2. The topological polar surface area (TPSA) is 75.3 Å². The molecule has 0 radical (unpaired) electrons. The molecule has 3 rings (SSSR count). The molecule has 0 heterocycles. The van der Waals surface area contributed by atoms with Crippen LogP contribution in [-0.4, -0.2) is 26.4 Å². The molecule has 1 aromatic rings. The Labute approximate surface area is 154 Å². The van der Waals surface area contributed by atoms with Gasteiger partial charge in [0.2, 0.25) is 15.9 Å². The average Bonchev–Trinajstić information content (AvgIpc) is 3.17. The molecule has 0 saturated heterocycles. The van der Waals surface area contributed by atoms with Crippen molar-refractivity contribution in [1.82, 2.24) is 10.0 Å². The van der Waals surface area contributed by atoms with Crippen molar-refractivity contribution in [2.45, 2.75) is 56.5 Å². The molecule has 1 amide bonds. The molecule has 5 nitrogen and oxygen atoms in total. The van der Waals surface area contributed by atoms with Crippen molar-refractivity contribution in [1.29, 1.82) is 0 Å². The third-order valence-corrected chi connectivity index (χ3v) is 7.46. The number of carbonyl (C=O) groups is 1. The Morgan fingerprint density at radius 3 is 2.40 bits per heavy atom. The van der Waals surface area contributed by atoms with E-state index in [0.29, 0.717) is 16.9 Å². The fraction of sp³-hybridized carbons (Fsp3) is 0.611. The lowest BCUT2D eigenvalue weighted by molar-refractivity contribution is -0.123. The van der Waals surface area contributed by atoms with Crippen LogP contribution in [0.1, 0.15) is 39.5 Å². The Balaban J connectivity index is 1.57. The van der Waals surface area contributed by atoms with E-state index in [-0.39, 0.29) is 16.8 Å². The molecule has 1 aromatic carbocycles. The molecule has 5 unspecified atom stereocenters. The third-order valence-electron chi connectivity index (χ3n) is 5.65. The fourth-order valence-electron chi connectivity index (χ4n) is 4.33. The highest BCUT2D eigenvalue weighted by Gasteiger charge is 2.42. The summed E-state index contributed by atoms with van der Waals surface area (Å²) in [4.78, 5) is 12.5. The summed E-state index contributed by atoms with van der Waals surface area (Å²) in [7, 11) is -3.75. The van der Waals surface area contributed by atoms with Gasteiger partial charge in [-0.15, -0.1) is 0 Å². The third kappa shape index (κ3) is 4.18. The van der Waals surface area contributed by atoms with Gasteiger partial charge >= 0.3 is 0 Å². The number of hydrogen-bond acceptors (Lipinski definition) is 3. The smallest absolute Gasteiger partial charge is 0.241 e. The van der Waals surface area contributed by atoms with Gasteiger partial charge in [0, 0.05) is 11.1 Å². The molecule has 2 N–H and O–H groups in total. The molecule has 2 saturated carbocycles. The molecular formula is C18H25ClN2O3S. The van der Waals surface area contributed by atoms with Gasteiger partial charge in [-0.1, -0.05) is 18.0 Å². The van der Waals surface area contributed by atoms with E-state index >= 15 is 0 Å². The zero-order valence-electron chi connectivity index (χ0n) is 14.5. The number of halogens is 1. The number of nitrogens with one attached hydrogen (secondary N) is 2. The molecule has 0 aliphatic heterocycles. The van der Waals surface area contributed by atoms with Gasteiger partial charge < -0.3 is 5.32 Å². The molecule has 0 aromatic heterocycles. The first-order valence-corrected chi connectivity index (χ1v) is 10.7. The molecule has 2 aliphatic carbocycles. The fourth-order valence-corrected chi connectivity index (χ4v) is 5.66. The summed E-state index contributed by atoms with van der Waals surface area (Å²) in [5.41, 5.74) is 0. The minimum atomic E-state index is -3.75. The normalized spacial score (nSPS) is 27.9. The van der Waals surface area contributed by atoms with Gasteiger partial charge in [-0.3, -0.25) is 4.79 Å². The summed E-state index contributed by atoms with van der Waals surface area (Å²) in [5, 5.41) is 3.47. The number of fused-ring (bicyclic) bond motifs is 2. The average molecular weight is 385 g/mol. The van der Waals surface area contributed by atoms with Gasteiger partial charge in [0.15, 0.2) is 0 Å². The predicted octanol–water partition coefficient (Wildman–Crippen LogP) is 2.95. The summed E-state index contributed by atoms with van der Waals surface area (Å²) in [6.45, 7) is 3.60. The van der Waals surface area contributed by atoms with Crippen molar-refractivity contribution in [2.75, 3.05) is 0 Å². The lowest BCUT2D eigenvalue weighted by Crippen LogP contribution is -2.49. The monoisotopic (exact) mass is 384 g/mol. The van der Waals surface area contributed by atoms with Gasteiger partial charge in [0.1, 0.15) is 0 Å². The van der Waals surface area contributed by atoms with Gasteiger partial charge in [-0.2, -0.15) is 4.72 Å². The van der Waals surface area contributed by atoms with E-state index in [0.717, 1.165) is 5.92 Å². The molecule has 2 bridgehead atoms. The van der Waals surface area contributed by atoms with Crippen LogP contribution in [0.15, 0.2) is 29.2 Å². The first-order chi connectivity index (χ1) is 11.8. The van der Waals surface area contributed by atoms with Crippen LogP contribution in [0, 0.1) is 17.8 Å². The molecule has 5 atom stereocenters. The Kier molecular flexibility index (Phi) is 5.42. The van der Waals surface area contributed by atoms with Crippen LogP contribution in [0.5, 0.6) is 0 Å². The quantitative estimate of drug-likeness (QED) is 0.791. The Morgan fingerprint density at radius 1 is 1.16 bits per heavy atom. The van der Waals surface area contributed by atoms with Gasteiger partial charge in [0.25, 0.3) is 0 Å². The minimum Gasteiger partial charge on any atom is -0.352 e. The number of carbonyl (C=O) groups excluding carboxylic acids is 1. The van der Waals surface area contributed by atoms with E-state index in [1.165, 1.54) is 49.9 Å². The van der Waals surface area contributed by atoms with Crippen LogP contribution in [0.4, 0.5) is 0 Å². The summed E-state index contributed by atoms with van der Waals surface area (Å²) < 4.78 is 27.2. The van der Waals surface area contributed by atoms with E-state index in [4.69, 9.17) is 11.6 Å². The summed E-state index contributed by atoms with van der Waals surface area (Å²) in [5.74, 6) is 1.76. The van der Waals surface area contributed by atoms with Crippen LogP contribution in [0.2, 0.25) is 5.02 Å². The minimum absolute atomic E-state index is 0.0743. The second-order valence-electron chi connectivity index (χ2n) is 7.43. The van der Waals surface area contributed by atoms with E-state index in [2.05, 4.69) is 10.0 Å². The highest BCUT2D eigenvalue weighted by atomic mass is 35.5. The first-order valence-electron chi connectivity index (χ1n) is 8.84. The number of rotatable bonds is 6. The molecule has 7 heteroatoms. The van der Waals surface area contributed by atoms with E-state index in [1.54, 1.807) is 6.92 Å². The van der Waals surface area contributed by atoms with E-state index < -0.39 is 16.1 Å². The number of amides is 1. The maximum Gasteiger partial charge on any atom is 0.241 e. The van der Waals surface area contributed by atoms with Crippen molar-refractivity contribution < 1.29 is 13.2 Å². The van der Waals surface area contributed by atoms with Crippen LogP contribution in [0.25, 0.3) is 0 Å². The van der Waals surface area contributed by atoms with Crippen LogP contribution in [-0.2, 0) is 14.8 Å². The van der Waals surface area contributed by atoms with Crippen molar-refractivity contribution in [3.8, 4) is 0 Å². The van der Waals surface area contributed by atoms with Crippen molar-refractivity contribution in [3.63, 3.8) is 0 Å². The molecule has 138 valence electrons. The van der Waals surface area contributed by atoms with E-state index in [1.807, 2.05) is 6.92 Å². The predicted molar refractivity (Wildman–Crippen MR) is 97.8 cm³/mol. The zero-order chi connectivity index (χ0) is 18.2. The second-order valence-corrected chi connectivity index (χ2v) is 9.58. The summed E-state index contributed by atoms with van der Waals surface area (Å²) >= 11 is 5.78. The first kappa shape index (κ1) is 18.7. The Morgan fingerprint density at radius 2 is 1.84 bits per heavy atom. The zero-order valence-corrected chi connectivity index (χ0v) is 16.1. The maximum absolute atomic E-state index is 12.4. The molecule has 2 aliphatic rings. The van der Waals surface area contributed by atoms with Gasteiger partial charge in [-0.25, -0.2) is 8.42 Å². The molecule has 0 spiro atoms. The highest BCUT2D eigenvalue weighted by Crippen LogP contribution is 2.49. The molecule has 2 fully saturated rings. The summed E-state index contributed by atoms with van der Waals surface area (Å²) in [6.07, 6.45) is 5.04. The van der Waals surface area contributed by atoms with Crippen LogP contribution < -0.4 is 10.0 Å². The van der Waals surface area contributed by atoms with Crippen LogP contribution in [0.3, 0.4) is 0 Å².